The fourth-order valence-corrected chi connectivity index (χ4v) is 4.34. The number of aromatic nitrogens is 1. The lowest BCUT2D eigenvalue weighted by atomic mass is 10.1. The number of rotatable bonds is 9. The Morgan fingerprint density at radius 3 is 2.24 bits per heavy atom. The molecule has 0 aliphatic heterocycles. The molecule has 1 N–H and O–H groups in total. The molecule has 192 valence electrons. The quantitative estimate of drug-likeness (QED) is 0.168. The van der Waals surface area contributed by atoms with E-state index in [1.165, 1.54) is 0 Å². The van der Waals surface area contributed by atoms with Crippen molar-refractivity contribution in [3.8, 4) is 23.3 Å². The molecule has 3 aromatic carbocycles. The van der Waals surface area contributed by atoms with Gasteiger partial charge in [0.25, 0.3) is 5.91 Å². The number of aryl methyl sites for hydroxylation is 1. The Bertz CT molecular complexity index is 1480. The number of benzene rings is 3. The van der Waals surface area contributed by atoms with Crippen LogP contribution in [0.4, 0.5) is 5.69 Å². The van der Waals surface area contributed by atoms with E-state index in [4.69, 9.17) is 9.47 Å². The molecule has 0 radical (unpaired) electrons. The third kappa shape index (κ3) is 6.53. The SMILES string of the molecule is CCOc1ccc(NC(=O)/C(C#N)=C/c2cc(C)n(-c3ccc(OCc4ccc(Br)cc4)cc3)c2C)cc1. The molecule has 0 saturated carbocycles. The summed E-state index contributed by atoms with van der Waals surface area (Å²) in [6, 6.07) is 26.9. The Balaban J connectivity index is 1.48. The normalized spacial score (nSPS) is 11.1. The smallest absolute Gasteiger partial charge is 0.266 e. The minimum absolute atomic E-state index is 0.0239. The van der Waals surface area contributed by atoms with Crippen LogP contribution in [0.1, 0.15) is 29.4 Å². The summed E-state index contributed by atoms with van der Waals surface area (Å²) >= 11 is 3.44. The van der Waals surface area contributed by atoms with E-state index in [0.717, 1.165) is 44.2 Å². The van der Waals surface area contributed by atoms with E-state index in [-0.39, 0.29) is 5.57 Å². The van der Waals surface area contributed by atoms with Gasteiger partial charge in [0.05, 0.1) is 6.61 Å². The van der Waals surface area contributed by atoms with Crippen LogP contribution in [0, 0.1) is 25.2 Å². The Hall–Kier alpha value is -4.28. The number of amides is 1. The number of carbonyl (C=O) groups is 1. The molecule has 0 spiro atoms. The highest BCUT2D eigenvalue weighted by molar-refractivity contribution is 9.10. The second-order valence-electron chi connectivity index (χ2n) is 8.65. The van der Waals surface area contributed by atoms with E-state index < -0.39 is 5.91 Å². The first kappa shape index (κ1) is 26.8. The lowest BCUT2D eigenvalue weighted by Crippen LogP contribution is -2.13. The minimum atomic E-state index is -0.464. The molecule has 0 unspecified atom stereocenters. The zero-order chi connectivity index (χ0) is 27.1. The second-order valence-corrected chi connectivity index (χ2v) is 9.57. The van der Waals surface area contributed by atoms with E-state index >= 15 is 0 Å². The van der Waals surface area contributed by atoms with Gasteiger partial charge < -0.3 is 19.4 Å². The van der Waals surface area contributed by atoms with Crippen LogP contribution in [0.25, 0.3) is 11.8 Å². The first-order chi connectivity index (χ1) is 18.4. The molecular formula is C31H28BrN3O3. The molecule has 1 aromatic heterocycles. The van der Waals surface area contributed by atoms with Gasteiger partial charge in [0, 0.05) is 27.2 Å². The predicted octanol–water partition coefficient (Wildman–Crippen LogP) is 7.38. The van der Waals surface area contributed by atoms with Gasteiger partial charge in [-0.2, -0.15) is 5.26 Å². The van der Waals surface area contributed by atoms with E-state index in [0.29, 0.717) is 18.9 Å². The molecule has 4 rings (SSSR count). The Kier molecular flexibility index (Phi) is 8.67. The summed E-state index contributed by atoms with van der Waals surface area (Å²) in [4.78, 5) is 12.8. The molecule has 7 heteroatoms. The molecule has 0 saturated heterocycles. The maximum absolute atomic E-state index is 12.8. The van der Waals surface area contributed by atoms with Crippen LogP contribution in [0.3, 0.4) is 0 Å². The number of anilines is 1. The van der Waals surface area contributed by atoms with Crippen molar-refractivity contribution in [3.63, 3.8) is 0 Å². The van der Waals surface area contributed by atoms with Crippen LogP contribution in [-0.4, -0.2) is 17.1 Å². The number of hydrogen-bond acceptors (Lipinski definition) is 4. The summed E-state index contributed by atoms with van der Waals surface area (Å²) in [5.74, 6) is 1.03. The maximum atomic E-state index is 12.8. The summed E-state index contributed by atoms with van der Waals surface area (Å²) in [5, 5.41) is 12.5. The standard InChI is InChI=1S/C31H28BrN3O3/c1-4-37-29-13-9-27(10-14-29)34-31(36)25(19-33)18-24-17-21(2)35(22(24)3)28-11-15-30(16-12-28)38-20-23-5-7-26(32)8-6-23/h5-18H,4,20H2,1-3H3,(H,34,36)/b25-18+. The van der Waals surface area contributed by atoms with Gasteiger partial charge >= 0.3 is 0 Å². The van der Waals surface area contributed by atoms with Crippen LogP contribution >= 0.6 is 15.9 Å². The van der Waals surface area contributed by atoms with Gasteiger partial charge in [0.2, 0.25) is 0 Å². The first-order valence-corrected chi connectivity index (χ1v) is 13.0. The third-order valence-corrected chi connectivity index (χ3v) is 6.50. The lowest BCUT2D eigenvalue weighted by molar-refractivity contribution is -0.112. The van der Waals surface area contributed by atoms with Crippen molar-refractivity contribution in [2.24, 2.45) is 0 Å². The van der Waals surface area contributed by atoms with Crippen molar-refractivity contribution in [2.45, 2.75) is 27.4 Å². The van der Waals surface area contributed by atoms with Crippen molar-refractivity contribution in [1.29, 1.82) is 5.26 Å². The third-order valence-electron chi connectivity index (χ3n) is 5.97. The van der Waals surface area contributed by atoms with Gasteiger partial charge in [-0.05, 0) is 105 Å². The number of ether oxygens (including phenoxy) is 2. The highest BCUT2D eigenvalue weighted by Crippen LogP contribution is 2.25. The lowest BCUT2D eigenvalue weighted by Gasteiger charge is -2.12. The molecular weight excluding hydrogens is 542 g/mol. The van der Waals surface area contributed by atoms with Crippen molar-refractivity contribution >= 4 is 33.6 Å². The van der Waals surface area contributed by atoms with Crippen LogP contribution in [0.15, 0.2) is 88.9 Å². The van der Waals surface area contributed by atoms with E-state index in [1.807, 2.05) is 81.4 Å². The minimum Gasteiger partial charge on any atom is -0.494 e. The number of carbonyl (C=O) groups excluding carboxylic acids is 1. The first-order valence-electron chi connectivity index (χ1n) is 12.2. The summed E-state index contributed by atoms with van der Waals surface area (Å²) in [6.45, 7) is 6.92. The average Bonchev–Trinajstić information content (AvgIpc) is 3.20. The second kappa shape index (κ2) is 12.3. The number of nitrogens with one attached hydrogen (secondary N) is 1. The summed E-state index contributed by atoms with van der Waals surface area (Å²) < 4.78 is 14.5. The zero-order valence-corrected chi connectivity index (χ0v) is 23.1. The van der Waals surface area contributed by atoms with Gasteiger partial charge in [0.1, 0.15) is 29.7 Å². The molecule has 0 atom stereocenters. The van der Waals surface area contributed by atoms with Crippen LogP contribution in [0.2, 0.25) is 0 Å². The topological polar surface area (TPSA) is 76.3 Å². The average molecular weight is 570 g/mol. The van der Waals surface area contributed by atoms with Crippen LogP contribution < -0.4 is 14.8 Å². The van der Waals surface area contributed by atoms with Crippen molar-refractivity contribution in [1.82, 2.24) is 4.57 Å². The van der Waals surface area contributed by atoms with Gasteiger partial charge in [-0.3, -0.25) is 4.79 Å². The maximum Gasteiger partial charge on any atom is 0.266 e. The van der Waals surface area contributed by atoms with Gasteiger partial charge in [-0.15, -0.1) is 0 Å². The number of nitriles is 1. The summed E-state index contributed by atoms with van der Waals surface area (Å²) in [5.41, 5.74) is 5.38. The van der Waals surface area contributed by atoms with E-state index in [2.05, 4.69) is 25.8 Å². The number of hydrogen-bond donors (Lipinski definition) is 1. The molecule has 38 heavy (non-hydrogen) atoms. The number of nitrogens with zero attached hydrogens (tertiary/aromatic N) is 2. The number of halogens is 1. The van der Waals surface area contributed by atoms with Crippen LogP contribution in [-0.2, 0) is 11.4 Å². The molecule has 0 bridgehead atoms. The molecule has 6 nitrogen and oxygen atoms in total. The van der Waals surface area contributed by atoms with Gasteiger partial charge in [-0.25, -0.2) is 0 Å². The van der Waals surface area contributed by atoms with Crippen LogP contribution in [0.5, 0.6) is 11.5 Å². The van der Waals surface area contributed by atoms with E-state index in [1.54, 1.807) is 30.3 Å². The molecule has 1 heterocycles. The molecule has 0 aliphatic rings. The Morgan fingerprint density at radius 2 is 1.61 bits per heavy atom. The zero-order valence-electron chi connectivity index (χ0n) is 21.5. The Morgan fingerprint density at radius 1 is 0.974 bits per heavy atom. The molecule has 0 fully saturated rings. The monoisotopic (exact) mass is 569 g/mol. The van der Waals surface area contributed by atoms with Crippen molar-refractivity contribution < 1.29 is 14.3 Å². The van der Waals surface area contributed by atoms with E-state index in [9.17, 15) is 10.1 Å². The fraction of sp³-hybridized carbons (Fsp3) is 0.161. The molecule has 1 amide bonds. The Labute approximate surface area is 231 Å². The summed E-state index contributed by atoms with van der Waals surface area (Å²) in [6.07, 6.45) is 1.62. The molecule has 0 aliphatic carbocycles. The van der Waals surface area contributed by atoms with Crippen molar-refractivity contribution in [2.75, 3.05) is 11.9 Å². The summed E-state index contributed by atoms with van der Waals surface area (Å²) in [7, 11) is 0. The highest BCUT2D eigenvalue weighted by atomic mass is 79.9. The molecule has 4 aromatic rings. The fourth-order valence-electron chi connectivity index (χ4n) is 4.07. The largest absolute Gasteiger partial charge is 0.494 e. The van der Waals surface area contributed by atoms with Crippen molar-refractivity contribution in [3.05, 3.63) is 111 Å². The predicted molar refractivity (Wildman–Crippen MR) is 154 cm³/mol. The van der Waals surface area contributed by atoms with Gasteiger partial charge in [-0.1, -0.05) is 28.1 Å². The van der Waals surface area contributed by atoms with Gasteiger partial charge in [0.15, 0.2) is 0 Å². The highest BCUT2D eigenvalue weighted by Gasteiger charge is 2.14.